The molecule has 6 heteroatoms. The molecule has 1 saturated heterocycles. The van der Waals surface area contributed by atoms with Gasteiger partial charge in [-0.25, -0.2) is 0 Å². The molecule has 102 valence electrons. The third-order valence-electron chi connectivity index (χ3n) is 3.27. The van der Waals surface area contributed by atoms with Crippen molar-refractivity contribution in [2.24, 2.45) is 5.73 Å². The minimum absolute atomic E-state index is 0.133. The van der Waals surface area contributed by atoms with Crippen LogP contribution in [-0.2, 0) is 4.79 Å². The summed E-state index contributed by atoms with van der Waals surface area (Å²) in [5.41, 5.74) is 5.70. The van der Waals surface area contributed by atoms with Gasteiger partial charge < -0.3 is 5.73 Å². The lowest BCUT2D eigenvalue weighted by Crippen LogP contribution is -2.42. The maximum absolute atomic E-state index is 12.2. The van der Waals surface area contributed by atoms with E-state index in [4.69, 9.17) is 28.9 Å². The average Bonchev–Trinajstić information content (AvgIpc) is 2.80. The zero-order valence-corrected chi connectivity index (χ0v) is 11.7. The Morgan fingerprint density at radius 1 is 1.37 bits per heavy atom. The number of likely N-dealkylation sites (tertiary alicyclic amines) is 1. The molecule has 1 aliphatic heterocycles. The van der Waals surface area contributed by atoms with Crippen molar-refractivity contribution in [2.45, 2.75) is 18.9 Å². The summed E-state index contributed by atoms with van der Waals surface area (Å²) in [7, 11) is 0. The summed E-state index contributed by atoms with van der Waals surface area (Å²) >= 11 is 11.8. The van der Waals surface area contributed by atoms with Crippen LogP contribution in [0.5, 0.6) is 0 Å². The third-order valence-corrected chi connectivity index (χ3v) is 3.83. The largest absolute Gasteiger partial charge is 0.368 e. The monoisotopic (exact) mass is 300 g/mol. The van der Waals surface area contributed by atoms with Crippen LogP contribution in [0.3, 0.4) is 0 Å². The van der Waals surface area contributed by atoms with E-state index >= 15 is 0 Å². The van der Waals surface area contributed by atoms with Crippen molar-refractivity contribution in [3.05, 3.63) is 33.8 Å². The number of carbonyl (C=O) groups excluding carboxylic acids is 2. The molecule has 1 amide bonds. The topological polar surface area (TPSA) is 63.4 Å². The summed E-state index contributed by atoms with van der Waals surface area (Å²) in [5.74, 6) is -0.539. The molecule has 0 radical (unpaired) electrons. The lowest BCUT2D eigenvalue weighted by atomic mass is 10.1. The van der Waals surface area contributed by atoms with Gasteiger partial charge in [0.05, 0.1) is 17.6 Å². The number of hydrogen-bond acceptors (Lipinski definition) is 3. The van der Waals surface area contributed by atoms with Crippen LogP contribution in [0.15, 0.2) is 18.2 Å². The minimum atomic E-state index is -0.387. The van der Waals surface area contributed by atoms with E-state index in [-0.39, 0.29) is 24.3 Å². The van der Waals surface area contributed by atoms with E-state index in [0.717, 1.165) is 6.42 Å². The SMILES string of the molecule is NC(=O)C1CCCN1CC(=O)c1cc(Cl)ccc1Cl. The first kappa shape index (κ1) is 14.3. The molecular weight excluding hydrogens is 287 g/mol. The summed E-state index contributed by atoms with van der Waals surface area (Å²) < 4.78 is 0. The normalized spacial score (nSPS) is 19.6. The van der Waals surface area contributed by atoms with Crippen LogP contribution in [0.2, 0.25) is 10.0 Å². The molecule has 0 saturated carbocycles. The average molecular weight is 301 g/mol. The molecule has 19 heavy (non-hydrogen) atoms. The smallest absolute Gasteiger partial charge is 0.234 e. The molecule has 0 bridgehead atoms. The Morgan fingerprint density at radius 3 is 2.79 bits per heavy atom. The molecule has 1 aromatic carbocycles. The molecule has 2 rings (SSSR count). The van der Waals surface area contributed by atoms with Gasteiger partial charge in [-0.05, 0) is 37.6 Å². The van der Waals surface area contributed by atoms with E-state index in [9.17, 15) is 9.59 Å². The Bertz CT molecular complexity index is 519. The maximum atomic E-state index is 12.2. The Labute approximate surface area is 121 Å². The van der Waals surface area contributed by atoms with Gasteiger partial charge in [0, 0.05) is 10.6 Å². The first-order valence-electron chi connectivity index (χ1n) is 6.00. The van der Waals surface area contributed by atoms with E-state index in [2.05, 4.69) is 0 Å². The van der Waals surface area contributed by atoms with Crippen LogP contribution in [0.1, 0.15) is 23.2 Å². The molecule has 1 unspecified atom stereocenters. The Hall–Kier alpha value is -1.10. The van der Waals surface area contributed by atoms with Gasteiger partial charge in [0.25, 0.3) is 0 Å². The molecule has 1 aromatic rings. The highest BCUT2D eigenvalue weighted by atomic mass is 35.5. The van der Waals surface area contributed by atoms with Crippen LogP contribution in [0.25, 0.3) is 0 Å². The number of nitrogens with zero attached hydrogens (tertiary/aromatic N) is 1. The van der Waals surface area contributed by atoms with Crippen molar-refractivity contribution in [3.63, 3.8) is 0 Å². The second kappa shape index (κ2) is 5.90. The predicted molar refractivity (Wildman–Crippen MR) is 74.6 cm³/mol. The maximum Gasteiger partial charge on any atom is 0.234 e. The summed E-state index contributed by atoms with van der Waals surface area (Å²) in [6.07, 6.45) is 1.57. The lowest BCUT2D eigenvalue weighted by molar-refractivity contribution is -0.122. The molecular formula is C13H14Cl2N2O2. The van der Waals surface area contributed by atoms with Gasteiger partial charge in [-0.15, -0.1) is 0 Å². The van der Waals surface area contributed by atoms with E-state index in [1.165, 1.54) is 0 Å². The number of carbonyl (C=O) groups is 2. The third kappa shape index (κ3) is 3.26. The number of hydrogen-bond donors (Lipinski definition) is 1. The molecule has 0 spiro atoms. The van der Waals surface area contributed by atoms with Gasteiger partial charge in [-0.3, -0.25) is 14.5 Å². The zero-order valence-electron chi connectivity index (χ0n) is 10.2. The van der Waals surface area contributed by atoms with E-state index in [1.54, 1.807) is 23.1 Å². The van der Waals surface area contributed by atoms with Crippen molar-refractivity contribution in [3.8, 4) is 0 Å². The number of benzene rings is 1. The van der Waals surface area contributed by atoms with Crippen LogP contribution in [-0.4, -0.2) is 35.7 Å². The quantitative estimate of drug-likeness (QED) is 0.867. The van der Waals surface area contributed by atoms with E-state index in [1.807, 2.05) is 0 Å². The fraction of sp³-hybridized carbons (Fsp3) is 0.385. The standard InChI is InChI=1S/C13H14Cl2N2O2/c14-8-3-4-10(15)9(6-8)12(18)7-17-5-1-2-11(17)13(16)19/h3-4,6,11H,1-2,5,7H2,(H2,16,19). The highest BCUT2D eigenvalue weighted by Crippen LogP contribution is 2.23. The summed E-state index contributed by atoms with van der Waals surface area (Å²) in [6.45, 7) is 0.825. The molecule has 1 heterocycles. The van der Waals surface area contributed by atoms with Crippen LogP contribution >= 0.6 is 23.2 Å². The number of amides is 1. The number of nitrogens with two attached hydrogens (primary N) is 1. The minimum Gasteiger partial charge on any atom is -0.368 e. The molecule has 0 aliphatic carbocycles. The van der Waals surface area contributed by atoms with Crippen molar-refractivity contribution in [2.75, 3.05) is 13.1 Å². The number of ketones is 1. The first-order valence-corrected chi connectivity index (χ1v) is 6.76. The number of halogens is 2. The molecule has 0 aromatic heterocycles. The second-order valence-electron chi connectivity index (χ2n) is 4.58. The van der Waals surface area contributed by atoms with Gasteiger partial charge in [0.15, 0.2) is 5.78 Å². The summed E-state index contributed by atoms with van der Waals surface area (Å²) in [6, 6.07) is 4.40. The van der Waals surface area contributed by atoms with Crippen LogP contribution < -0.4 is 5.73 Å². The highest BCUT2D eigenvalue weighted by Gasteiger charge is 2.30. The van der Waals surface area contributed by atoms with Gasteiger partial charge in [-0.2, -0.15) is 0 Å². The molecule has 4 nitrogen and oxygen atoms in total. The van der Waals surface area contributed by atoms with Gasteiger partial charge in [-0.1, -0.05) is 23.2 Å². The molecule has 2 N–H and O–H groups in total. The summed E-state index contributed by atoms with van der Waals surface area (Å²) in [5, 5.41) is 0.824. The Kier molecular flexibility index (Phi) is 4.45. The second-order valence-corrected chi connectivity index (χ2v) is 5.42. The zero-order chi connectivity index (χ0) is 14.0. The summed E-state index contributed by atoms with van der Waals surface area (Å²) in [4.78, 5) is 25.3. The van der Waals surface area contributed by atoms with Crippen molar-refractivity contribution in [1.29, 1.82) is 0 Å². The van der Waals surface area contributed by atoms with Crippen molar-refractivity contribution in [1.82, 2.24) is 4.90 Å². The van der Waals surface area contributed by atoms with E-state index in [0.29, 0.717) is 28.6 Å². The van der Waals surface area contributed by atoms with Crippen molar-refractivity contribution < 1.29 is 9.59 Å². The van der Waals surface area contributed by atoms with Gasteiger partial charge >= 0.3 is 0 Å². The fourth-order valence-electron chi connectivity index (χ4n) is 2.32. The number of rotatable bonds is 4. The van der Waals surface area contributed by atoms with Crippen LogP contribution in [0.4, 0.5) is 0 Å². The first-order chi connectivity index (χ1) is 8.99. The van der Waals surface area contributed by atoms with Gasteiger partial charge in [0.1, 0.15) is 0 Å². The lowest BCUT2D eigenvalue weighted by Gasteiger charge is -2.21. The highest BCUT2D eigenvalue weighted by molar-refractivity contribution is 6.36. The number of Topliss-reactive ketones (excluding diaryl/α,β-unsaturated/α-hetero) is 1. The molecule has 1 atom stereocenters. The molecule has 1 fully saturated rings. The van der Waals surface area contributed by atoms with E-state index < -0.39 is 0 Å². The fourth-order valence-corrected chi connectivity index (χ4v) is 2.71. The van der Waals surface area contributed by atoms with Crippen molar-refractivity contribution >= 4 is 34.9 Å². The predicted octanol–water partition coefficient (Wildman–Crippen LogP) is 2.13. The van der Waals surface area contributed by atoms with Gasteiger partial charge in [0.2, 0.25) is 5.91 Å². The Morgan fingerprint density at radius 2 is 2.11 bits per heavy atom. The number of primary amides is 1. The van der Waals surface area contributed by atoms with Crippen LogP contribution in [0, 0.1) is 0 Å². The molecule has 1 aliphatic rings. The Balaban J connectivity index is 2.12.